The highest BCUT2D eigenvalue weighted by molar-refractivity contribution is 5.78. The number of benzene rings is 1. The minimum atomic E-state index is -4.58. The average Bonchev–Trinajstić information content (AvgIpc) is 2.65. The van der Waals surface area contributed by atoms with E-state index in [1.807, 2.05) is 0 Å². The summed E-state index contributed by atoms with van der Waals surface area (Å²) < 4.78 is 51.1. The lowest BCUT2D eigenvalue weighted by molar-refractivity contribution is -0.138. The van der Waals surface area contributed by atoms with Crippen LogP contribution in [0.3, 0.4) is 0 Å². The molecule has 2 rings (SSSR count). The molecule has 18 heavy (non-hydrogen) atoms. The minimum absolute atomic E-state index is 0.0103. The van der Waals surface area contributed by atoms with Crippen molar-refractivity contribution in [1.29, 1.82) is 0 Å². The van der Waals surface area contributed by atoms with E-state index in [9.17, 15) is 22.4 Å². The number of amides is 1. The fourth-order valence-corrected chi connectivity index (χ4v) is 2.09. The number of halogens is 4. The fourth-order valence-electron chi connectivity index (χ4n) is 2.09. The molecule has 1 unspecified atom stereocenters. The van der Waals surface area contributed by atoms with Gasteiger partial charge in [-0.3, -0.25) is 4.79 Å². The maximum atomic E-state index is 12.9. The molecule has 1 aromatic carbocycles. The van der Waals surface area contributed by atoms with Gasteiger partial charge in [0.2, 0.25) is 5.91 Å². The summed E-state index contributed by atoms with van der Waals surface area (Å²) in [6, 6.07) is 2.32. The molecular formula is C12H11F4NO. The molecule has 0 spiro atoms. The van der Waals surface area contributed by atoms with Gasteiger partial charge in [0, 0.05) is 12.5 Å². The second-order valence-electron chi connectivity index (χ2n) is 4.31. The maximum Gasteiger partial charge on any atom is 0.416 e. The number of carbonyl (C=O) groups excluding carboxylic acids is 1. The van der Waals surface area contributed by atoms with Crippen molar-refractivity contribution in [2.75, 3.05) is 0 Å². The van der Waals surface area contributed by atoms with E-state index in [0.29, 0.717) is 18.9 Å². The van der Waals surface area contributed by atoms with Crippen molar-refractivity contribution < 1.29 is 22.4 Å². The Hall–Kier alpha value is -1.59. The van der Waals surface area contributed by atoms with Gasteiger partial charge in [0.15, 0.2) is 0 Å². The molecule has 6 heteroatoms. The van der Waals surface area contributed by atoms with Gasteiger partial charge in [-0.2, -0.15) is 13.2 Å². The topological polar surface area (TPSA) is 29.1 Å². The van der Waals surface area contributed by atoms with Crippen molar-refractivity contribution in [3.63, 3.8) is 0 Å². The van der Waals surface area contributed by atoms with E-state index in [0.717, 1.165) is 12.1 Å². The third kappa shape index (κ3) is 2.80. The number of carbonyl (C=O) groups is 1. The van der Waals surface area contributed by atoms with E-state index in [4.69, 9.17) is 0 Å². The highest BCUT2D eigenvalue weighted by atomic mass is 19.4. The fraction of sp³-hybridized carbons (Fsp3) is 0.417. The van der Waals surface area contributed by atoms with Crippen LogP contribution in [0.1, 0.15) is 24.0 Å². The molecule has 0 aliphatic carbocycles. The van der Waals surface area contributed by atoms with Gasteiger partial charge in [0.1, 0.15) is 5.82 Å². The van der Waals surface area contributed by atoms with E-state index < -0.39 is 17.6 Å². The van der Waals surface area contributed by atoms with Crippen molar-refractivity contribution in [3.8, 4) is 0 Å². The first kappa shape index (κ1) is 12.9. The molecule has 0 saturated carbocycles. The Bertz CT molecular complexity index is 470. The molecule has 1 aliphatic rings. The predicted molar refractivity (Wildman–Crippen MR) is 56.3 cm³/mol. The molecule has 98 valence electrons. The third-order valence-corrected chi connectivity index (χ3v) is 2.93. The molecule has 1 N–H and O–H groups in total. The van der Waals surface area contributed by atoms with E-state index >= 15 is 0 Å². The van der Waals surface area contributed by atoms with Crippen LogP contribution in [0.5, 0.6) is 0 Å². The predicted octanol–water partition coefficient (Wildman–Crippen LogP) is 2.67. The zero-order chi connectivity index (χ0) is 13.3. The first-order chi connectivity index (χ1) is 8.36. The van der Waals surface area contributed by atoms with Gasteiger partial charge < -0.3 is 5.32 Å². The molecule has 0 aromatic heterocycles. The Labute approximate surface area is 101 Å². The summed E-state index contributed by atoms with van der Waals surface area (Å²) in [5, 5.41) is 2.60. The lowest BCUT2D eigenvalue weighted by Gasteiger charge is -2.16. The van der Waals surface area contributed by atoms with Gasteiger partial charge >= 0.3 is 6.18 Å². The molecule has 2 nitrogen and oxygen atoms in total. The molecule has 1 saturated heterocycles. The third-order valence-electron chi connectivity index (χ3n) is 2.93. The highest BCUT2D eigenvalue weighted by Gasteiger charge is 2.34. The van der Waals surface area contributed by atoms with Gasteiger partial charge in [0.05, 0.1) is 5.56 Å². The van der Waals surface area contributed by atoms with Crippen LogP contribution in [-0.2, 0) is 17.4 Å². The van der Waals surface area contributed by atoms with Crippen LogP contribution in [0.25, 0.3) is 0 Å². The van der Waals surface area contributed by atoms with Crippen molar-refractivity contribution >= 4 is 5.91 Å². The summed E-state index contributed by atoms with van der Waals surface area (Å²) >= 11 is 0. The van der Waals surface area contributed by atoms with Gasteiger partial charge in [-0.1, -0.05) is 6.07 Å². The van der Waals surface area contributed by atoms with E-state index in [1.54, 1.807) is 0 Å². The summed E-state index contributed by atoms with van der Waals surface area (Å²) in [5.74, 6) is -1.07. The van der Waals surface area contributed by atoms with Crippen molar-refractivity contribution in [1.82, 2.24) is 5.32 Å². The molecular weight excluding hydrogens is 250 g/mol. The van der Waals surface area contributed by atoms with Crippen LogP contribution in [0.2, 0.25) is 0 Å². The Kier molecular flexibility index (Phi) is 3.28. The van der Waals surface area contributed by atoms with Crippen LogP contribution in [0.15, 0.2) is 18.2 Å². The summed E-state index contributed by atoms with van der Waals surface area (Å²) in [7, 11) is 0. The van der Waals surface area contributed by atoms with E-state index in [2.05, 4.69) is 5.32 Å². The standard InChI is InChI=1S/C12H11F4NO/c13-8-2-1-7(10(6-8)12(14,15)16)5-9-3-4-11(18)17-9/h1-2,6,9H,3-5H2,(H,17,18). The first-order valence-corrected chi connectivity index (χ1v) is 5.51. The Morgan fingerprint density at radius 2 is 2.06 bits per heavy atom. The Morgan fingerprint density at radius 1 is 1.33 bits per heavy atom. The zero-order valence-electron chi connectivity index (χ0n) is 9.35. The Morgan fingerprint density at radius 3 is 2.61 bits per heavy atom. The summed E-state index contributed by atoms with van der Waals surface area (Å²) in [6.07, 6.45) is -3.68. The number of nitrogens with one attached hydrogen (secondary N) is 1. The van der Waals surface area contributed by atoms with Crippen LogP contribution in [-0.4, -0.2) is 11.9 Å². The van der Waals surface area contributed by atoms with Crippen molar-refractivity contribution in [2.24, 2.45) is 0 Å². The maximum absolute atomic E-state index is 12.9. The summed E-state index contributed by atoms with van der Waals surface area (Å²) in [5.41, 5.74) is -0.959. The molecule has 1 fully saturated rings. The van der Waals surface area contributed by atoms with Crippen LogP contribution in [0, 0.1) is 5.82 Å². The van der Waals surface area contributed by atoms with Gasteiger partial charge in [-0.05, 0) is 30.5 Å². The van der Waals surface area contributed by atoms with E-state index in [-0.39, 0.29) is 23.9 Å². The molecule has 1 heterocycles. The smallest absolute Gasteiger partial charge is 0.353 e. The number of hydrogen-bond donors (Lipinski definition) is 1. The first-order valence-electron chi connectivity index (χ1n) is 5.51. The quantitative estimate of drug-likeness (QED) is 0.815. The Balaban J connectivity index is 2.24. The monoisotopic (exact) mass is 261 g/mol. The van der Waals surface area contributed by atoms with E-state index in [1.165, 1.54) is 0 Å². The molecule has 1 atom stereocenters. The minimum Gasteiger partial charge on any atom is -0.353 e. The average molecular weight is 261 g/mol. The molecule has 1 amide bonds. The van der Waals surface area contributed by atoms with Crippen LogP contribution >= 0.6 is 0 Å². The van der Waals surface area contributed by atoms with Crippen molar-refractivity contribution in [3.05, 3.63) is 35.1 Å². The zero-order valence-corrected chi connectivity index (χ0v) is 9.35. The molecule has 0 bridgehead atoms. The van der Waals surface area contributed by atoms with Gasteiger partial charge in [0.25, 0.3) is 0 Å². The number of alkyl halides is 3. The highest BCUT2D eigenvalue weighted by Crippen LogP contribution is 2.33. The summed E-state index contributed by atoms with van der Waals surface area (Å²) in [4.78, 5) is 11.0. The van der Waals surface area contributed by atoms with Crippen LogP contribution < -0.4 is 5.32 Å². The number of rotatable bonds is 2. The second kappa shape index (κ2) is 4.59. The SMILES string of the molecule is O=C1CCC(Cc2ccc(F)cc2C(F)(F)F)N1. The van der Waals surface area contributed by atoms with Gasteiger partial charge in [-0.25, -0.2) is 4.39 Å². The lowest BCUT2D eigenvalue weighted by atomic mass is 9.99. The molecule has 1 aromatic rings. The van der Waals surface area contributed by atoms with Crippen LogP contribution in [0.4, 0.5) is 17.6 Å². The van der Waals surface area contributed by atoms with Crippen molar-refractivity contribution in [2.45, 2.75) is 31.5 Å². The molecule has 0 radical (unpaired) electrons. The molecule has 1 aliphatic heterocycles. The summed E-state index contributed by atoms with van der Waals surface area (Å²) in [6.45, 7) is 0. The lowest BCUT2D eigenvalue weighted by Crippen LogP contribution is -2.28. The largest absolute Gasteiger partial charge is 0.416 e. The number of hydrogen-bond acceptors (Lipinski definition) is 1. The normalized spacial score (nSPS) is 20.0. The second-order valence-corrected chi connectivity index (χ2v) is 4.31. The van der Waals surface area contributed by atoms with Gasteiger partial charge in [-0.15, -0.1) is 0 Å².